The van der Waals surface area contributed by atoms with Gasteiger partial charge in [-0.05, 0) is 52.6 Å². The molecule has 0 atom stereocenters. The maximum absolute atomic E-state index is 4.83. The lowest BCUT2D eigenvalue weighted by Crippen LogP contribution is -2.14. The molecule has 204 valence electrons. The maximum Gasteiger partial charge on any atom is 0.168 e. The predicted octanol–water partition coefficient (Wildman–Crippen LogP) is 8.61. The highest BCUT2D eigenvalue weighted by Crippen LogP contribution is 2.34. The molecule has 2 aromatic heterocycles. The fourth-order valence-electron chi connectivity index (χ4n) is 5.43. The van der Waals surface area contributed by atoms with Crippen LogP contribution in [0.4, 0.5) is 0 Å². The molecule has 4 aromatic carbocycles. The van der Waals surface area contributed by atoms with Gasteiger partial charge >= 0.3 is 0 Å². The van der Waals surface area contributed by atoms with E-state index in [9.17, 15) is 0 Å². The normalized spacial score (nSPS) is 11.6. The summed E-state index contributed by atoms with van der Waals surface area (Å²) in [7, 11) is 0. The number of benzene rings is 4. The second kappa shape index (κ2) is 11.5. The largest absolute Gasteiger partial charge is 0.271 e. The van der Waals surface area contributed by atoms with Gasteiger partial charge in [-0.2, -0.15) is 0 Å². The Morgan fingerprint density at radius 3 is 1.68 bits per heavy atom. The first-order chi connectivity index (χ1) is 20.0. The molecule has 0 N–H and O–H groups in total. The quantitative estimate of drug-likeness (QED) is 0.195. The Hall–Kier alpha value is -4.64. The summed E-state index contributed by atoms with van der Waals surface area (Å²) < 4.78 is 2.21. The predicted molar refractivity (Wildman–Crippen MR) is 168 cm³/mol. The van der Waals surface area contributed by atoms with Gasteiger partial charge in [0, 0.05) is 11.1 Å². The second-order valence-electron chi connectivity index (χ2n) is 11.5. The van der Waals surface area contributed by atoms with Crippen LogP contribution >= 0.6 is 0 Å². The third kappa shape index (κ3) is 5.53. The van der Waals surface area contributed by atoms with Gasteiger partial charge in [-0.15, -0.1) is 10.2 Å². The van der Waals surface area contributed by atoms with Crippen molar-refractivity contribution in [1.29, 1.82) is 0 Å². The summed E-state index contributed by atoms with van der Waals surface area (Å²) in [5, 5.41) is 12.0. The third-order valence-electron chi connectivity index (χ3n) is 7.32. The fourth-order valence-corrected chi connectivity index (χ4v) is 5.43. The summed E-state index contributed by atoms with van der Waals surface area (Å²) in [4.78, 5) is 9.66. The van der Waals surface area contributed by atoms with Crippen LogP contribution in [0.25, 0.3) is 50.4 Å². The molecule has 6 rings (SSSR count). The van der Waals surface area contributed by atoms with Crippen molar-refractivity contribution in [3.8, 4) is 39.6 Å². The molecule has 0 bridgehead atoms. The van der Waals surface area contributed by atoms with Crippen molar-refractivity contribution in [3.05, 3.63) is 115 Å². The molecule has 5 heteroatoms. The summed E-state index contributed by atoms with van der Waals surface area (Å²) in [6, 6.07) is 33.9. The van der Waals surface area contributed by atoms with Crippen molar-refractivity contribution in [2.45, 2.75) is 40.5 Å². The molecule has 0 saturated carbocycles. The molecule has 0 aliphatic heterocycles. The number of rotatable bonds is 8. The van der Waals surface area contributed by atoms with E-state index < -0.39 is 0 Å². The smallest absolute Gasteiger partial charge is 0.168 e. The van der Waals surface area contributed by atoms with Crippen molar-refractivity contribution in [3.63, 3.8) is 0 Å². The van der Waals surface area contributed by atoms with Crippen molar-refractivity contribution < 1.29 is 0 Å². The van der Waals surface area contributed by atoms with Crippen LogP contribution in [0.2, 0.25) is 0 Å². The van der Waals surface area contributed by atoms with Gasteiger partial charge < -0.3 is 0 Å². The van der Waals surface area contributed by atoms with Crippen LogP contribution in [0.1, 0.15) is 39.1 Å². The molecule has 0 saturated heterocycles. The Bertz CT molecular complexity index is 1750. The minimum atomic E-state index is 0.435. The molecular weight excluding hydrogens is 502 g/mol. The van der Waals surface area contributed by atoms with Gasteiger partial charge in [0.25, 0.3) is 0 Å². The number of aromatic nitrogens is 5. The molecule has 5 nitrogen and oxygen atoms in total. The van der Waals surface area contributed by atoms with Crippen LogP contribution in [0, 0.1) is 11.8 Å². The Kier molecular flexibility index (Phi) is 7.43. The third-order valence-corrected chi connectivity index (χ3v) is 7.32. The van der Waals surface area contributed by atoms with E-state index in [4.69, 9.17) is 20.2 Å². The highest BCUT2D eigenvalue weighted by molar-refractivity contribution is 5.87. The summed E-state index contributed by atoms with van der Waals surface area (Å²) in [5.41, 5.74) is 7.42. The average Bonchev–Trinajstić information content (AvgIpc) is 3.42. The van der Waals surface area contributed by atoms with Gasteiger partial charge in [0.1, 0.15) is 6.33 Å². The zero-order valence-corrected chi connectivity index (χ0v) is 24.1. The highest BCUT2D eigenvalue weighted by Gasteiger charge is 2.24. The van der Waals surface area contributed by atoms with Gasteiger partial charge in [-0.25, -0.2) is 9.97 Å². The Labute approximate surface area is 242 Å². The van der Waals surface area contributed by atoms with Crippen molar-refractivity contribution in [2.75, 3.05) is 0 Å². The van der Waals surface area contributed by atoms with Crippen molar-refractivity contribution in [2.24, 2.45) is 11.8 Å². The summed E-state index contributed by atoms with van der Waals surface area (Å²) in [6.07, 6.45) is 3.39. The van der Waals surface area contributed by atoms with Crippen LogP contribution in [-0.4, -0.2) is 24.7 Å². The topological polar surface area (TPSA) is 56.5 Å². The minimum absolute atomic E-state index is 0.435. The van der Waals surface area contributed by atoms with E-state index in [1.54, 1.807) is 6.33 Å². The zero-order chi connectivity index (χ0) is 28.3. The van der Waals surface area contributed by atoms with Crippen LogP contribution in [0.5, 0.6) is 0 Å². The lowest BCUT2D eigenvalue weighted by atomic mass is 10.0. The second-order valence-corrected chi connectivity index (χ2v) is 11.5. The first-order valence-corrected chi connectivity index (χ1v) is 14.4. The summed E-state index contributed by atoms with van der Waals surface area (Å²) in [5.74, 6) is 2.45. The van der Waals surface area contributed by atoms with Gasteiger partial charge in [0.15, 0.2) is 11.6 Å². The molecule has 2 heterocycles. The van der Waals surface area contributed by atoms with Crippen LogP contribution in [-0.2, 0) is 12.8 Å². The van der Waals surface area contributed by atoms with Crippen LogP contribution in [0.3, 0.4) is 0 Å². The molecule has 0 aliphatic rings. The molecule has 0 amide bonds. The number of nitrogens with zero attached hydrogens (tertiary/aromatic N) is 5. The molecule has 0 fully saturated rings. The highest BCUT2D eigenvalue weighted by atomic mass is 15.3. The molecule has 6 aromatic rings. The first-order valence-electron chi connectivity index (χ1n) is 14.4. The van der Waals surface area contributed by atoms with E-state index in [1.807, 2.05) is 6.07 Å². The molecule has 0 aliphatic carbocycles. The summed E-state index contributed by atoms with van der Waals surface area (Å²) in [6.45, 7) is 8.92. The van der Waals surface area contributed by atoms with E-state index in [0.717, 1.165) is 52.7 Å². The molecule has 0 spiro atoms. The summed E-state index contributed by atoms with van der Waals surface area (Å²) >= 11 is 0. The van der Waals surface area contributed by atoms with E-state index in [-0.39, 0.29) is 0 Å². The molecular formula is C36H35N5. The lowest BCUT2D eigenvalue weighted by Gasteiger charge is -2.19. The minimum Gasteiger partial charge on any atom is -0.271 e. The Balaban J connectivity index is 1.59. The molecule has 0 unspecified atom stereocenters. The first kappa shape index (κ1) is 26.6. The number of hydrogen-bond acceptors (Lipinski definition) is 4. The standard InChI is InChI=1S/C36H35N5/c1-24(2)20-32-34(33(21-25(3)4)38-23-37-32)41-35(29-17-14-28(15-18-29)26-10-6-5-7-11-26)39-40-36(41)31-19-16-27-12-8-9-13-30(27)22-31/h5-19,22-25H,20-21H2,1-4H3. The number of hydrogen-bond donors (Lipinski definition) is 0. The zero-order valence-electron chi connectivity index (χ0n) is 24.1. The number of fused-ring (bicyclic) bond motifs is 1. The van der Waals surface area contributed by atoms with E-state index in [2.05, 4.69) is 123 Å². The Morgan fingerprint density at radius 2 is 1.05 bits per heavy atom. The van der Waals surface area contributed by atoms with Gasteiger partial charge in [0.05, 0.1) is 17.1 Å². The maximum atomic E-state index is 4.83. The van der Waals surface area contributed by atoms with Crippen LogP contribution in [0.15, 0.2) is 103 Å². The lowest BCUT2D eigenvalue weighted by molar-refractivity contribution is 0.611. The average molecular weight is 538 g/mol. The van der Waals surface area contributed by atoms with E-state index in [1.165, 1.54) is 21.9 Å². The van der Waals surface area contributed by atoms with Gasteiger partial charge in [-0.1, -0.05) is 119 Å². The SMILES string of the molecule is CC(C)Cc1ncnc(CC(C)C)c1-n1c(-c2ccc(-c3ccccc3)cc2)nnc1-c1ccc2ccccc2c1. The van der Waals surface area contributed by atoms with Gasteiger partial charge in [-0.3, -0.25) is 4.57 Å². The van der Waals surface area contributed by atoms with E-state index in [0.29, 0.717) is 11.8 Å². The van der Waals surface area contributed by atoms with Crippen molar-refractivity contribution in [1.82, 2.24) is 24.7 Å². The van der Waals surface area contributed by atoms with Gasteiger partial charge in [0.2, 0.25) is 0 Å². The monoisotopic (exact) mass is 537 g/mol. The van der Waals surface area contributed by atoms with Crippen molar-refractivity contribution >= 4 is 10.8 Å². The molecule has 0 radical (unpaired) electrons. The fraction of sp³-hybridized carbons (Fsp3) is 0.222. The van der Waals surface area contributed by atoms with Crippen LogP contribution < -0.4 is 0 Å². The Morgan fingerprint density at radius 1 is 0.537 bits per heavy atom. The molecule has 41 heavy (non-hydrogen) atoms. The van der Waals surface area contributed by atoms with E-state index >= 15 is 0 Å².